The van der Waals surface area contributed by atoms with Crippen LogP contribution >= 0.6 is 11.8 Å². The highest BCUT2D eigenvalue weighted by Gasteiger charge is 2.41. The second-order valence-electron chi connectivity index (χ2n) is 6.30. The summed E-state index contributed by atoms with van der Waals surface area (Å²) in [6.07, 6.45) is 1.41. The zero-order valence-corrected chi connectivity index (χ0v) is 14.7. The van der Waals surface area contributed by atoms with Crippen LogP contribution in [0.4, 0.5) is 0 Å². The van der Waals surface area contributed by atoms with Gasteiger partial charge in [0, 0.05) is 5.25 Å². The molecule has 0 bridgehead atoms. The molecule has 1 aliphatic rings. The van der Waals surface area contributed by atoms with Crippen LogP contribution in [0, 0.1) is 5.41 Å². The van der Waals surface area contributed by atoms with Gasteiger partial charge in [-0.3, -0.25) is 9.59 Å². The van der Waals surface area contributed by atoms with Crippen molar-refractivity contribution in [2.45, 2.75) is 44.1 Å². The van der Waals surface area contributed by atoms with E-state index in [1.54, 1.807) is 0 Å². The molecule has 126 valence electrons. The van der Waals surface area contributed by atoms with Crippen molar-refractivity contribution < 1.29 is 19.1 Å². The summed E-state index contributed by atoms with van der Waals surface area (Å²) in [7, 11) is 0. The van der Waals surface area contributed by atoms with Crippen LogP contribution in [0.1, 0.15) is 44.4 Å². The number of rotatable bonds is 1. The topological polar surface area (TPSA) is 52.6 Å². The SMILES string of the molecule is CC1SC(c2ccccc2)C(C)(C)C(=O)OCCCCOC1=O. The Bertz CT molecular complexity index is 541. The minimum atomic E-state index is -0.736. The monoisotopic (exact) mass is 336 g/mol. The maximum Gasteiger partial charge on any atom is 0.318 e. The van der Waals surface area contributed by atoms with Crippen LogP contribution in [0.3, 0.4) is 0 Å². The van der Waals surface area contributed by atoms with Gasteiger partial charge in [-0.25, -0.2) is 0 Å². The average molecular weight is 336 g/mol. The molecule has 5 heteroatoms. The van der Waals surface area contributed by atoms with Crippen LogP contribution in [0.15, 0.2) is 30.3 Å². The molecule has 0 amide bonds. The first-order chi connectivity index (χ1) is 10.9. The van der Waals surface area contributed by atoms with Crippen LogP contribution in [-0.2, 0) is 19.1 Å². The molecular formula is C18H24O4S. The molecule has 0 saturated carbocycles. The highest BCUT2D eigenvalue weighted by atomic mass is 32.2. The van der Waals surface area contributed by atoms with Crippen molar-refractivity contribution in [3.63, 3.8) is 0 Å². The molecule has 2 unspecified atom stereocenters. The van der Waals surface area contributed by atoms with E-state index in [9.17, 15) is 9.59 Å². The third-order valence-electron chi connectivity index (χ3n) is 3.97. The number of esters is 2. The maximum atomic E-state index is 12.6. The lowest BCUT2D eigenvalue weighted by molar-refractivity contribution is -0.155. The van der Waals surface area contributed by atoms with Gasteiger partial charge in [-0.05, 0) is 39.2 Å². The molecule has 0 aliphatic carbocycles. The van der Waals surface area contributed by atoms with Crippen LogP contribution in [0.25, 0.3) is 0 Å². The molecular weight excluding hydrogens is 312 g/mol. The number of carbonyl (C=O) groups is 2. The fourth-order valence-electron chi connectivity index (χ4n) is 2.50. The first kappa shape index (κ1) is 17.9. The quantitative estimate of drug-likeness (QED) is 0.731. The maximum absolute atomic E-state index is 12.6. The lowest BCUT2D eigenvalue weighted by Crippen LogP contribution is -2.34. The van der Waals surface area contributed by atoms with E-state index in [1.807, 2.05) is 51.1 Å². The van der Waals surface area contributed by atoms with Crippen LogP contribution in [0.2, 0.25) is 0 Å². The van der Waals surface area contributed by atoms with Crippen molar-refractivity contribution in [1.29, 1.82) is 0 Å². The van der Waals surface area contributed by atoms with Gasteiger partial charge in [0.05, 0.1) is 18.6 Å². The van der Waals surface area contributed by atoms with Crippen molar-refractivity contribution in [2.24, 2.45) is 5.41 Å². The number of benzene rings is 1. The summed E-state index contributed by atoms with van der Waals surface area (Å²) < 4.78 is 10.8. The molecule has 1 aliphatic heterocycles. The molecule has 1 fully saturated rings. The second kappa shape index (κ2) is 7.86. The summed E-state index contributed by atoms with van der Waals surface area (Å²) in [5.41, 5.74) is 0.274. The minimum absolute atomic E-state index is 0.182. The van der Waals surface area contributed by atoms with Crippen LogP contribution < -0.4 is 0 Å². The summed E-state index contributed by atoms with van der Waals surface area (Å²) in [5.74, 6) is -0.444. The Labute approximate surface area is 141 Å². The summed E-state index contributed by atoms with van der Waals surface area (Å²) in [6, 6.07) is 9.78. The standard InChI is InChI=1S/C18H24O4S/c1-13-16(19)21-11-7-8-12-22-17(20)18(2,3)15(23-13)14-9-5-4-6-10-14/h4-6,9-10,13,15H,7-8,11-12H2,1-3H3. The summed E-state index contributed by atoms with van der Waals surface area (Å²) in [4.78, 5) is 24.7. The number of hydrogen-bond donors (Lipinski definition) is 0. The van der Waals surface area contributed by atoms with Gasteiger partial charge < -0.3 is 9.47 Å². The summed E-state index contributed by atoms with van der Waals surface area (Å²) in [6.45, 7) is 6.33. The van der Waals surface area contributed by atoms with Gasteiger partial charge >= 0.3 is 11.9 Å². The Hall–Kier alpha value is -1.49. The van der Waals surface area contributed by atoms with Gasteiger partial charge in [0.1, 0.15) is 5.25 Å². The third-order valence-corrected chi connectivity index (χ3v) is 5.71. The third kappa shape index (κ3) is 4.50. The van der Waals surface area contributed by atoms with Crippen LogP contribution in [0.5, 0.6) is 0 Å². The van der Waals surface area contributed by atoms with Crippen molar-refractivity contribution in [2.75, 3.05) is 13.2 Å². The Morgan fingerprint density at radius 3 is 2.30 bits per heavy atom. The van der Waals surface area contributed by atoms with E-state index >= 15 is 0 Å². The fourth-order valence-corrected chi connectivity index (χ4v) is 3.84. The molecule has 2 atom stereocenters. The van der Waals surface area contributed by atoms with Gasteiger partial charge in [0.15, 0.2) is 0 Å². The predicted octanol–water partition coefficient (Wildman–Crippen LogP) is 3.76. The molecule has 23 heavy (non-hydrogen) atoms. The van der Waals surface area contributed by atoms with Gasteiger partial charge in [0.25, 0.3) is 0 Å². The molecule has 0 aromatic heterocycles. The van der Waals surface area contributed by atoms with E-state index in [0.29, 0.717) is 26.1 Å². The molecule has 2 rings (SSSR count). The molecule has 4 nitrogen and oxygen atoms in total. The molecule has 0 spiro atoms. The van der Waals surface area contributed by atoms with Crippen molar-refractivity contribution in [3.05, 3.63) is 35.9 Å². The Morgan fingerprint density at radius 2 is 1.65 bits per heavy atom. The zero-order chi connectivity index (χ0) is 16.9. The fraction of sp³-hybridized carbons (Fsp3) is 0.556. The highest BCUT2D eigenvalue weighted by Crippen LogP contribution is 2.47. The average Bonchev–Trinajstić information content (AvgIpc) is 2.54. The van der Waals surface area contributed by atoms with E-state index in [2.05, 4.69) is 0 Å². The Morgan fingerprint density at radius 1 is 1.04 bits per heavy atom. The smallest absolute Gasteiger partial charge is 0.318 e. The number of carbonyl (C=O) groups excluding carboxylic acids is 2. The summed E-state index contributed by atoms with van der Waals surface area (Å²) >= 11 is 1.46. The van der Waals surface area contributed by atoms with E-state index in [0.717, 1.165) is 5.56 Å². The predicted molar refractivity (Wildman–Crippen MR) is 91.2 cm³/mol. The Balaban J connectivity index is 2.33. The lowest BCUT2D eigenvalue weighted by atomic mass is 9.85. The molecule has 1 saturated heterocycles. The van der Waals surface area contributed by atoms with Gasteiger partial charge in [-0.2, -0.15) is 0 Å². The van der Waals surface area contributed by atoms with Crippen molar-refractivity contribution >= 4 is 23.7 Å². The van der Waals surface area contributed by atoms with E-state index in [-0.39, 0.29) is 22.4 Å². The summed E-state index contributed by atoms with van der Waals surface area (Å²) in [5, 5.41) is -0.523. The first-order valence-electron chi connectivity index (χ1n) is 7.97. The largest absolute Gasteiger partial charge is 0.465 e. The van der Waals surface area contributed by atoms with E-state index in [4.69, 9.17) is 9.47 Å². The zero-order valence-electron chi connectivity index (χ0n) is 13.9. The number of ether oxygens (including phenoxy) is 2. The second-order valence-corrected chi connectivity index (χ2v) is 7.75. The highest BCUT2D eigenvalue weighted by molar-refractivity contribution is 8.00. The van der Waals surface area contributed by atoms with Gasteiger partial charge in [0.2, 0.25) is 0 Å². The van der Waals surface area contributed by atoms with Gasteiger partial charge in [-0.15, -0.1) is 11.8 Å². The number of thioether (sulfide) groups is 1. The Kier molecular flexibility index (Phi) is 6.10. The first-order valence-corrected chi connectivity index (χ1v) is 8.91. The normalized spacial score (nSPS) is 26.4. The van der Waals surface area contributed by atoms with Gasteiger partial charge in [-0.1, -0.05) is 30.3 Å². The lowest BCUT2D eigenvalue weighted by Gasteiger charge is -2.33. The van der Waals surface area contributed by atoms with Crippen molar-refractivity contribution in [3.8, 4) is 0 Å². The number of hydrogen-bond acceptors (Lipinski definition) is 5. The van der Waals surface area contributed by atoms with E-state index < -0.39 is 5.41 Å². The number of cyclic esters (lactones) is 2. The van der Waals surface area contributed by atoms with E-state index in [1.165, 1.54) is 11.8 Å². The molecule has 1 aromatic rings. The molecule has 0 radical (unpaired) electrons. The minimum Gasteiger partial charge on any atom is -0.465 e. The molecule has 1 aromatic carbocycles. The van der Waals surface area contributed by atoms with Crippen LogP contribution in [-0.4, -0.2) is 30.4 Å². The van der Waals surface area contributed by atoms with Crippen molar-refractivity contribution in [1.82, 2.24) is 0 Å². The molecule has 0 N–H and O–H groups in total. The molecule has 1 heterocycles.